The molecule has 0 aliphatic carbocycles. The Morgan fingerprint density at radius 1 is 1.18 bits per heavy atom. The van der Waals surface area contributed by atoms with Gasteiger partial charge in [0.2, 0.25) is 0 Å². The van der Waals surface area contributed by atoms with E-state index < -0.39 is 0 Å². The number of hydrogen-bond donors (Lipinski definition) is 1. The van der Waals surface area contributed by atoms with Crippen LogP contribution in [-0.2, 0) is 6.61 Å². The molecule has 3 heterocycles. The Bertz CT molecular complexity index is 1200. The SMILES string of the molecule is Cc1ccc2nc(COc3ccccc3NC(=O)c3cccs3)cc(=O)n2c1. The number of aromatic nitrogens is 2. The van der Waals surface area contributed by atoms with Crippen molar-refractivity contribution in [1.82, 2.24) is 9.38 Å². The minimum absolute atomic E-state index is 0.117. The molecule has 4 aromatic rings. The van der Waals surface area contributed by atoms with Gasteiger partial charge in [-0.15, -0.1) is 11.3 Å². The summed E-state index contributed by atoms with van der Waals surface area (Å²) in [7, 11) is 0. The number of ether oxygens (including phenoxy) is 1. The molecule has 1 amide bonds. The number of hydrogen-bond acceptors (Lipinski definition) is 5. The quantitative estimate of drug-likeness (QED) is 0.560. The van der Waals surface area contributed by atoms with Crippen molar-refractivity contribution in [1.29, 1.82) is 0 Å². The number of para-hydroxylation sites is 2. The number of nitrogens with one attached hydrogen (secondary N) is 1. The highest BCUT2D eigenvalue weighted by atomic mass is 32.1. The predicted molar refractivity (Wildman–Crippen MR) is 109 cm³/mol. The molecular weight excluding hydrogens is 374 g/mol. The fraction of sp³-hybridized carbons (Fsp3) is 0.0952. The summed E-state index contributed by atoms with van der Waals surface area (Å²) in [5, 5.41) is 4.71. The third-order valence-corrected chi connectivity index (χ3v) is 4.98. The van der Waals surface area contributed by atoms with E-state index in [-0.39, 0.29) is 18.1 Å². The van der Waals surface area contributed by atoms with Crippen molar-refractivity contribution in [2.75, 3.05) is 5.32 Å². The normalized spacial score (nSPS) is 10.8. The summed E-state index contributed by atoms with van der Waals surface area (Å²) >= 11 is 1.37. The predicted octanol–water partition coefficient (Wildman–Crippen LogP) is 3.90. The van der Waals surface area contributed by atoms with Crippen molar-refractivity contribution in [2.45, 2.75) is 13.5 Å². The first-order valence-electron chi connectivity index (χ1n) is 8.66. The highest BCUT2D eigenvalue weighted by Gasteiger charge is 2.11. The number of anilines is 1. The van der Waals surface area contributed by atoms with E-state index in [2.05, 4.69) is 10.3 Å². The lowest BCUT2D eigenvalue weighted by molar-refractivity contribution is 0.103. The van der Waals surface area contributed by atoms with E-state index in [1.54, 1.807) is 30.5 Å². The third kappa shape index (κ3) is 3.79. The van der Waals surface area contributed by atoms with Gasteiger partial charge in [-0.05, 0) is 42.1 Å². The Balaban J connectivity index is 1.54. The number of fused-ring (bicyclic) bond motifs is 1. The smallest absolute Gasteiger partial charge is 0.265 e. The van der Waals surface area contributed by atoms with Crippen LogP contribution < -0.4 is 15.6 Å². The zero-order valence-corrected chi connectivity index (χ0v) is 15.9. The van der Waals surface area contributed by atoms with E-state index in [4.69, 9.17) is 4.74 Å². The van der Waals surface area contributed by atoms with Gasteiger partial charge in [-0.3, -0.25) is 14.0 Å². The molecule has 28 heavy (non-hydrogen) atoms. The minimum Gasteiger partial charge on any atom is -0.485 e. The van der Waals surface area contributed by atoms with Crippen molar-refractivity contribution in [2.24, 2.45) is 0 Å². The lowest BCUT2D eigenvalue weighted by Crippen LogP contribution is -2.17. The van der Waals surface area contributed by atoms with Gasteiger partial charge in [-0.2, -0.15) is 0 Å². The molecule has 0 bridgehead atoms. The number of pyridine rings is 1. The molecule has 0 spiro atoms. The molecule has 0 saturated heterocycles. The van der Waals surface area contributed by atoms with Gasteiger partial charge in [0, 0.05) is 12.3 Å². The standard InChI is InChI=1S/C21H17N3O3S/c1-14-8-9-19-22-15(11-20(25)24(19)12-14)13-27-17-6-3-2-5-16(17)23-21(26)18-7-4-10-28-18/h2-12H,13H2,1H3,(H,23,26). The Morgan fingerprint density at radius 2 is 2.04 bits per heavy atom. The molecule has 1 aromatic carbocycles. The molecule has 0 aliphatic rings. The van der Waals surface area contributed by atoms with Crippen molar-refractivity contribution < 1.29 is 9.53 Å². The van der Waals surface area contributed by atoms with Gasteiger partial charge in [0.1, 0.15) is 18.0 Å². The van der Waals surface area contributed by atoms with Gasteiger partial charge < -0.3 is 10.1 Å². The van der Waals surface area contributed by atoms with Gasteiger partial charge in [-0.1, -0.05) is 24.3 Å². The number of nitrogens with zero attached hydrogens (tertiary/aromatic N) is 2. The zero-order chi connectivity index (χ0) is 19.5. The van der Waals surface area contributed by atoms with Crippen molar-refractivity contribution in [3.05, 3.63) is 92.7 Å². The summed E-state index contributed by atoms with van der Waals surface area (Å²) in [5.41, 5.74) is 2.47. The van der Waals surface area contributed by atoms with Crippen LogP contribution >= 0.6 is 11.3 Å². The lowest BCUT2D eigenvalue weighted by Gasteiger charge is -2.12. The van der Waals surface area contributed by atoms with Gasteiger partial charge >= 0.3 is 0 Å². The van der Waals surface area contributed by atoms with Crippen LogP contribution in [0.3, 0.4) is 0 Å². The summed E-state index contributed by atoms with van der Waals surface area (Å²) < 4.78 is 7.36. The van der Waals surface area contributed by atoms with Crippen molar-refractivity contribution in [3.63, 3.8) is 0 Å². The summed E-state index contributed by atoms with van der Waals surface area (Å²) in [6.45, 7) is 2.04. The summed E-state index contributed by atoms with van der Waals surface area (Å²) in [5.74, 6) is 0.321. The van der Waals surface area contributed by atoms with Crippen LogP contribution in [0.1, 0.15) is 20.9 Å². The first-order chi connectivity index (χ1) is 13.6. The number of carbonyl (C=O) groups excluding carboxylic acids is 1. The monoisotopic (exact) mass is 391 g/mol. The molecule has 4 rings (SSSR count). The van der Waals surface area contributed by atoms with E-state index in [0.717, 1.165) is 5.56 Å². The average molecular weight is 391 g/mol. The van der Waals surface area contributed by atoms with E-state index >= 15 is 0 Å². The van der Waals surface area contributed by atoms with Crippen molar-refractivity contribution in [3.8, 4) is 5.75 Å². The first-order valence-corrected chi connectivity index (χ1v) is 9.54. The van der Waals surface area contributed by atoms with Crippen LogP contribution in [-0.4, -0.2) is 15.3 Å². The lowest BCUT2D eigenvalue weighted by atomic mass is 10.3. The molecule has 3 aromatic heterocycles. The van der Waals surface area contributed by atoms with Gasteiger partial charge in [0.15, 0.2) is 0 Å². The largest absolute Gasteiger partial charge is 0.485 e. The molecule has 140 valence electrons. The summed E-state index contributed by atoms with van der Waals surface area (Å²) in [6, 6.07) is 15.9. The van der Waals surface area contributed by atoms with E-state index in [1.165, 1.54) is 21.8 Å². The molecule has 0 unspecified atom stereocenters. The molecule has 0 radical (unpaired) electrons. The second kappa shape index (κ2) is 7.66. The zero-order valence-electron chi connectivity index (χ0n) is 15.1. The van der Waals surface area contributed by atoms with Gasteiger partial charge in [-0.25, -0.2) is 4.98 Å². The topological polar surface area (TPSA) is 72.7 Å². The number of carbonyl (C=O) groups is 1. The molecule has 1 N–H and O–H groups in total. The summed E-state index contributed by atoms with van der Waals surface area (Å²) in [6.07, 6.45) is 1.75. The maximum absolute atomic E-state index is 12.3. The molecular formula is C21H17N3O3S. The van der Waals surface area contributed by atoms with Crippen LogP contribution in [0.5, 0.6) is 5.75 Å². The van der Waals surface area contributed by atoms with Crippen LogP contribution in [0.4, 0.5) is 5.69 Å². The van der Waals surface area contributed by atoms with E-state index in [0.29, 0.717) is 27.7 Å². The maximum atomic E-state index is 12.3. The minimum atomic E-state index is -0.191. The maximum Gasteiger partial charge on any atom is 0.265 e. The molecule has 0 saturated carbocycles. The van der Waals surface area contributed by atoms with E-state index in [9.17, 15) is 9.59 Å². The fourth-order valence-electron chi connectivity index (χ4n) is 2.77. The van der Waals surface area contributed by atoms with Crippen molar-refractivity contribution >= 4 is 28.6 Å². The Hall–Kier alpha value is -3.45. The van der Waals surface area contributed by atoms with Crippen LogP contribution in [0.2, 0.25) is 0 Å². The molecule has 0 fully saturated rings. The van der Waals surface area contributed by atoms with E-state index in [1.807, 2.05) is 36.6 Å². The average Bonchev–Trinajstić information content (AvgIpc) is 3.23. The first kappa shape index (κ1) is 17.9. The van der Waals surface area contributed by atoms with Crippen LogP contribution in [0.15, 0.2) is 71.0 Å². The number of benzene rings is 1. The second-order valence-corrected chi connectivity index (χ2v) is 7.18. The number of aryl methyl sites for hydroxylation is 1. The second-order valence-electron chi connectivity index (χ2n) is 6.24. The highest BCUT2D eigenvalue weighted by Crippen LogP contribution is 2.25. The van der Waals surface area contributed by atoms with Crippen LogP contribution in [0.25, 0.3) is 5.65 Å². The number of amides is 1. The number of thiophene rings is 1. The Kier molecular flexibility index (Phi) is 4.90. The highest BCUT2D eigenvalue weighted by molar-refractivity contribution is 7.12. The number of rotatable bonds is 5. The van der Waals surface area contributed by atoms with Gasteiger partial charge in [0.25, 0.3) is 11.5 Å². The molecule has 0 atom stereocenters. The van der Waals surface area contributed by atoms with Gasteiger partial charge in [0.05, 0.1) is 16.3 Å². The van der Waals surface area contributed by atoms with Crippen LogP contribution in [0, 0.1) is 6.92 Å². The molecule has 0 aliphatic heterocycles. The third-order valence-electron chi connectivity index (χ3n) is 4.12. The molecule has 6 nitrogen and oxygen atoms in total. The fourth-order valence-corrected chi connectivity index (χ4v) is 3.39. The summed E-state index contributed by atoms with van der Waals surface area (Å²) in [4.78, 5) is 29.7. The Labute approximate surface area is 165 Å². The molecule has 7 heteroatoms. The Morgan fingerprint density at radius 3 is 2.86 bits per heavy atom.